The zero-order valence-electron chi connectivity index (χ0n) is 24.3. The van der Waals surface area contributed by atoms with Crippen LogP contribution in [0.25, 0.3) is 10.4 Å². The highest BCUT2D eigenvalue weighted by Gasteiger charge is 2.44. The third-order valence-electron chi connectivity index (χ3n) is 7.10. The minimum Gasteiger partial charge on any atom is -0.450 e. The predicted molar refractivity (Wildman–Crippen MR) is 156 cm³/mol. The molecule has 4 atom stereocenters. The number of hydrogen-bond acceptors (Lipinski definition) is 8. The Morgan fingerprint density at radius 2 is 1.85 bits per heavy atom. The van der Waals surface area contributed by atoms with E-state index < -0.39 is 35.6 Å². The topological polar surface area (TPSA) is 164 Å². The SMILES string of the molecule is Cc1ncsc1-c1ccc([C@H](C)NC(=O)[C@@H]2C[C@@H](O)CN2C(=O)[C@@H](NC(=O)CCCCOC(N)=O)C(C)(C)C)cc1. The van der Waals surface area contributed by atoms with Crippen molar-refractivity contribution >= 4 is 35.2 Å². The number of aliphatic hydroxyl groups is 1. The summed E-state index contributed by atoms with van der Waals surface area (Å²) in [6, 6.07) is 5.80. The van der Waals surface area contributed by atoms with Gasteiger partial charge in [0, 0.05) is 19.4 Å². The van der Waals surface area contributed by atoms with Crippen molar-refractivity contribution in [1.29, 1.82) is 0 Å². The van der Waals surface area contributed by atoms with Crippen LogP contribution in [0.1, 0.15) is 70.7 Å². The van der Waals surface area contributed by atoms with Gasteiger partial charge in [0.1, 0.15) is 12.1 Å². The maximum absolute atomic E-state index is 13.7. The number of hydrogen-bond donors (Lipinski definition) is 4. The molecule has 0 saturated carbocycles. The van der Waals surface area contributed by atoms with E-state index in [1.807, 2.05) is 64.4 Å². The number of ether oxygens (including phenoxy) is 1. The van der Waals surface area contributed by atoms with E-state index in [0.29, 0.717) is 12.8 Å². The quantitative estimate of drug-likeness (QED) is 0.294. The first-order chi connectivity index (χ1) is 19.3. The molecule has 0 radical (unpaired) electrons. The number of thiazole rings is 1. The van der Waals surface area contributed by atoms with Crippen LogP contribution in [0.2, 0.25) is 0 Å². The summed E-state index contributed by atoms with van der Waals surface area (Å²) >= 11 is 1.57. The van der Waals surface area contributed by atoms with Gasteiger partial charge in [0.25, 0.3) is 0 Å². The summed E-state index contributed by atoms with van der Waals surface area (Å²) in [4.78, 5) is 57.2. The molecule has 1 aromatic carbocycles. The molecule has 1 saturated heterocycles. The first-order valence-corrected chi connectivity index (χ1v) is 14.7. The van der Waals surface area contributed by atoms with E-state index in [4.69, 9.17) is 5.73 Å². The first kappa shape index (κ1) is 32.0. The number of carbonyl (C=O) groups excluding carboxylic acids is 4. The van der Waals surface area contributed by atoms with E-state index >= 15 is 0 Å². The monoisotopic (exact) mass is 587 g/mol. The van der Waals surface area contributed by atoms with Crippen LogP contribution in [-0.4, -0.2) is 70.1 Å². The Morgan fingerprint density at radius 1 is 1.17 bits per heavy atom. The molecule has 2 heterocycles. The number of nitrogens with one attached hydrogen (secondary N) is 2. The highest BCUT2D eigenvalue weighted by molar-refractivity contribution is 7.13. The van der Waals surface area contributed by atoms with Gasteiger partial charge in [-0.2, -0.15) is 0 Å². The average molecular weight is 588 g/mol. The number of nitrogens with two attached hydrogens (primary N) is 1. The third-order valence-corrected chi connectivity index (χ3v) is 8.08. The minimum atomic E-state index is -0.905. The Labute approximate surface area is 244 Å². The number of rotatable bonds is 11. The van der Waals surface area contributed by atoms with Gasteiger partial charge in [-0.05, 0) is 43.2 Å². The summed E-state index contributed by atoms with van der Waals surface area (Å²) in [5.41, 5.74) is 9.02. The van der Waals surface area contributed by atoms with E-state index in [1.54, 1.807) is 11.3 Å². The number of benzene rings is 1. The number of aliphatic hydroxyl groups excluding tert-OH is 1. The van der Waals surface area contributed by atoms with Crippen LogP contribution in [0.3, 0.4) is 0 Å². The molecule has 0 spiro atoms. The fraction of sp³-hybridized carbons (Fsp3) is 0.552. The van der Waals surface area contributed by atoms with Crippen LogP contribution in [0, 0.1) is 12.3 Å². The molecule has 1 aliphatic heterocycles. The molecular weight excluding hydrogens is 546 g/mol. The number of likely N-dealkylation sites (tertiary alicyclic amines) is 1. The van der Waals surface area contributed by atoms with E-state index in [2.05, 4.69) is 20.4 Å². The van der Waals surface area contributed by atoms with Gasteiger partial charge in [0.05, 0.1) is 34.8 Å². The molecule has 2 aromatic rings. The number of carbonyl (C=O) groups is 4. The second kappa shape index (κ2) is 13.9. The van der Waals surface area contributed by atoms with Crippen molar-refractivity contribution in [2.24, 2.45) is 11.1 Å². The molecule has 12 heteroatoms. The summed E-state index contributed by atoms with van der Waals surface area (Å²) in [6.45, 7) is 9.44. The van der Waals surface area contributed by atoms with Gasteiger partial charge < -0.3 is 31.1 Å². The van der Waals surface area contributed by atoms with Crippen LogP contribution in [-0.2, 0) is 19.1 Å². The zero-order chi connectivity index (χ0) is 30.3. The van der Waals surface area contributed by atoms with Gasteiger partial charge in [-0.15, -0.1) is 11.3 Å². The maximum Gasteiger partial charge on any atom is 0.404 e. The first-order valence-electron chi connectivity index (χ1n) is 13.8. The van der Waals surface area contributed by atoms with Gasteiger partial charge in [-0.25, -0.2) is 9.78 Å². The van der Waals surface area contributed by atoms with Gasteiger partial charge >= 0.3 is 6.09 Å². The Morgan fingerprint density at radius 3 is 2.44 bits per heavy atom. The average Bonchev–Trinajstić information content (AvgIpc) is 3.51. The van der Waals surface area contributed by atoms with Crippen molar-refractivity contribution in [2.75, 3.05) is 13.2 Å². The van der Waals surface area contributed by atoms with Gasteiger partial charge in [0.15, 0.2) is 0 Å². The van der Waals surface area contributed by atoms with Crippen molar-refractivity contribution in [3.63, 3.8) is 0 Å². The Hall–Kier alpha value is -3.51. The molecule has 1 aromatic heterocycles. The fourth-order valence-electron chi connectivity index (χ4n) is 4.81. The number of unbranched alkanes of at least 4 members (excludes halogenated alkanes) is 1. The van der Waals surface area contributed by atoms with Gasteiger partial charge in [-0.1, -0.05) is 45.0 Å². The van der Waals surface area contributed by atoms with E-state index in [0.717, 1.165) is 21.7 Å². The molecule has 0 aliphatic carbocycles. The van der Waals surface area contributed by atoms with Crippen molar-refractivity contribution in [3.05, 3.63) is 41.0 Å². The van der Waals surface area contributed by atoms with Gasteiger partial charge in [0.2, 0.25) is 17.7 Å². The summed E-state index contributed by atoms with van der Waals surface area (Å²) in [7, 11) is 0. The lowest BCUT2D eigenvalue weighted by Crippen LogP contribution is -2.57. The summed E-state index contributed by atoms with van der Waals surface area (Å²) in [5.74, 6) is -1.11. The lowest BCUT2D eigenvalue weighted by Gasteiger charge is -2.35. The number of primary amides is 1. The highest BCUT2D eigenvalue weighted by Crippen LogP contribution is 2.29. The third kappa shape index (κ3) is 8.74. The van der Waals surface area contributed by atoms with Crippen LogP contribution in [0.4, 0.5) is 4.79 Å². The van der Waals surface area contributed by atoms with E-state index in [9.17, 15) is 24.3 Å². The van der Waals surface area contributed by atoms with E-state index in [-0.39, 0.29) is 43.8 Å². The molecule has 224 valence electrons. The Bertz CT molecular complexity index is 1230. The highest BCUT2D eigenvalue weighted by atomic mass is 32.1. The molecule has 1 fully saturated rings. The normalized spacial score (nSPS) is 18.4. The number of aryl methyl sites for hydroxylation is 1. The smallest absolute Gasteiger partial charge is 0.404 e. The molecule has 5 N–H and O–H groups in total. The number of nitrogens with zero attached hydrogens (tertiary/aromatic N) is 2. The second-order valence-corrected chi connectivity index (χ2v) is 12.4. The largest absolute Gasteiger partial charge is 0.450 e. The molecule has 1 aliphatic rings. The number of amides is 4. The second-order valence-electron chi connectivity index (χ2n) is 11.5. The molecule has 41 heavy (non-hydrogen) atoms. The lowest BCUT2D eigenvalue weighted by molar-refractivity contribution is -0.144. The van der Waals surface area contributed by atoms with Crippen LogP contribution >= 0.6 is 11.3 Å². The standard InChI is InChI=1S/C29H41N5O6S/c1-17(19-9-11-20(12-10-19)24-18(2)31-16-41-24)32-26(37)22-14-21(35)15-34(22)27(38)25(29(3,4)5)33-23(36)8-6-7-13-40-28(30)39/h9-12,16-17,21-22,25,35H,6-8,13-15H2,1-5H3,(H2,30,39)(H,32,37)(H,33,36)/t17-,21+,22-,25+/m0/s1. The maximum atomic E-state index is 13.7. The summed E-state index contributed by atoms with van der Waals surface area (Å²) < 4.78 is 4.67. The fourth-order valence-corrected chi connectivity index (χ4v) is 5.62. The zero-order valence-corrected chi connectivity index (χ0v) is 25.1. The molecule has 11 nitrogen and oxygen atoms in total. The molecule has 0 bridgehead atoms. The Kier molecular flexibility index (Phi) is 10.9. The Balaban J connectivity index is 1.64. The minimum absolute atomic E-state index is 0.00110. The van der Waals surface area contributed by atoms with Crippen LogP contribution in [0.15, 0.2) is 29.8 Å². The van der Waals surface area contributed by atoms with Gasteiger partial charge in [-0.3, -0.25) is 14.4 Å². The lowest BCUT2D eigenvalue weighted by atomic mass is 9.85. The molecular formula is C29H41N5O6S. The van der Waals surface area contributed by atoms with Crippen LogP contribution in [0.5, 0.6) is 0 Å². The number of aromatic nitrogens is 1. The summed E-state index contributed by atoms with van der Waals surface area (Å²) in [5, 5.41) is 16.2. The van der Waals surface area contributed by atoms with Crippen LogP contribution < -0.4 is 16.4 Å². The van der Waals surface area contributed by atoms with Crippen molar-refractivity contribution in [2.45, 2.75) is 84.5 Å². The summed E-state index contributed by atoms with van der Waals surface area (Å²) in [6.07, 6.45) is -0.578. The molecule has 0 unspecified atom stereocenters. The molecule has 4 amide bonds. The van der Waals surface area contributed by atoms with Crippen molar-refractivity contribution in [3.8, 4) is 10.4 Å². The predicted octanol–water partition coefficient (Wildman–Crippen LogP) is 3.05. The van der Waals surface area contributed by atoms with E-state index in [1.165, 1.54) is 4.90 Å². The van der Waals surface area contributed by atoms with Crippen molar-refractivity contribution < 1.29 is 29.0 Å². The number of β-amino-alcohol motifs (C(OH)–C–C–N with tert-alkyl or cyclic N) is 1. The van der Waals surface area contributed by atoms with Crippen molar-refractivity contribution in [1.82, 2.24) is 20.5 Å². The molecule has 3 rings (SSSR count).